The van der Waals surface area contributed by atoms with E-state index in [2.05, 4.69) is 12.1 Å². The smallest absolute Gasteiger partial charge is 0.168 e. The molecule has 0 N–H and O–H groups in total. The van der Waals surface area contributed by atoms with Gasteiger partial charge in [-0.1, -0.05) is 30.3 Å². The van der Waals surface area contributed by atoms with Crippen molar-refractivity contribution in [3.8, 4) is 0 Å². The predicted molar refractivity (Wildman–Crippen MR) is 52.6 cm³/mol. The summed E-state index contributed by atoms with van der Waals surface area (Å²) in [5.74, 6) is -0.513. The quantitative estimate of drug-likeness (QED) is 0.661. The topological polar surface area (TPSA) is 18.5 Å². The first kappa shape index (κ1) is 10.2. The molecule has 72 valence electrons. The molecule has 0 spiro atoms. The Morgan fingerprint density at radius 3 is 2.08 bits per heavy atom. The maximum Gasteiger partial charge on any atom is 0.168 e. The van der Waals surface area contributed by atoms with E-state index in [4.69, 9.17) is 9.47 Å². The maximum absolute atomic E-state index is 5.27. The van der Waals surface area contributed by atoms with Gasteiger partial charge in [0.1, 0.15) is 0 Å². The Kier molecular flexibility index (Phi) is 3.46. The van der Waals surface area contributed by atoms with Crippen LogP contribution in [-0.2, 0) is 15.9 Å². The molecule has 1 aromatic carbocycles. The molecule has 0 saturated carbocycles. The Morgan fingerprint density at radius 1 is 1.08 bits per heavy atom. The maximum atomic E-state index is 5.27. The highest BCUT2D eigenvalue weighted by molar-refractivity contribution is 5.16. The van der Waals surface area contributed by atoms with E-state index in [0.717, 1.165) is 6.42 Å². The van der Waals surface area contributed by atoms with Crippen LogP contribution in [0.15, 0.2) is 30.3 Å². The van der Waals surface area contributed by atoms with E-state index in [-0.39, 0.29) is 0 Å². The lowest BCUT2D eigenvalue weighted by Crippen LogP contribution is -2.32. The van der Waals surface area contributed by atoms with Crippen molar-refractivity contribution in [3.05, 3.63) is 35.9 Å². The van der Waals surface area contributed by atoms with Crippen LogP contribution in [0.25, 0.3) is 0 Å². The third-order valence-electron chi connectivity index (χ3n) is 2.23. The van der Waals surface area contributed by atoms with E-state index in [1.165, 1.54) is 5.56 Å². The second-order valence-electron chi connectivity index (χ2n) is 3.20. The average Bonchev–Trinajstić information content (AvgIpc) is 2.19. The molecule has 0 aliphatic rings. The van der Waals surface area contributed by atoms with Gasteiger partial charge in [-0.15, -0.1) is 0 Å². The van der Waals surface area contributed by atoms with Crippen molar-refractivity contribution in [2.24, 2.45) is 0 Å². The summed E-state index contributed by atoms with van der Waals surface area (Å²) in [6.45, 7) is 1.93. The average molecular weight is 180 g/mol. The first-order chi connectivity index (χ1) is 6.20. The van der Waals surface area contributed by atoms with E-state index in [1.54, 1.807) is 14.2 Å². The van der Waals surface area contributed by atoms with Gasteiger partial charge in [0, 0.05) is 20.6 Å². The fraction of sp³-hybridized carbons (Fsp3) is 0.455. The molecule has 0 aromatic heterocycles. The molecule has 0 bridgehead atoms. The molecule has 0 heterocycles. The Morgan fingerprint density at radius 2 is 1.62 bits per heavy atom. The molecule has 1 rings (SSSR count). The van der Waals surface area contributed by atoms with Gasteiger partial charge in [0.15, 0.2) is 5.79 Å². The summed E-state index contributed by atoms with van der Waals surface area (Å²) in [5, 5.41) is 0. The minimum atomic E-state index is -0.513. The molecule has 0 saturated heterocycles. The van der Waals surface area contributed by atoms with E-state index in [0.29, 0.717) is 0 Å². The van der Waals surface area contributed by atoms with Crippen LogP contribution < -0.4 is 0 Å². The molecule has 0 aliphatic heterocycles. The number of ether oxygens (including phenoxy) is 2. The Hall–Kier alpha value is -0.860. The van der Waals surface area contributed by atoms with Crippen LogP contribution in [-0.4, -0.2) is 20.0 Å². The summed E-state index contributed by atoms with van der Waals surface area (Å²) in [6, 6.07) is 10.2. The molecule has 0 aliphatic carbocycles. The molecule has 0 amide bonds. The molecule has 2 heteroatoms. The summed E-state index contributed by atoms with van der Waals surface area (Å²) in [5.41, 5.74) is 1.22. The zero-order chi connectivity index (χ0) is 9.73. The molecule has 0 atom stereocenters. The van der Waals surface area contributed by atoms with Crippen molar-refractivity contribution in [1.82, 2.24) is 0 Å². The highest BCUT2D eigenvalue weighted by Gasteiger charge is 2.22. The van der Waals surface area contributed by atoms with Gasteiger partial charge >= 0.3 is 0 Å². The van der Waals surface area contributed by atoms with Gasteiger partial charge in [-0.05, 0) is 12.5 Å². The van der Waals surface area contributed by atoms with Gasteiger partial charge in [-0.25, -0.2) is 0 Å². The molecule has 0 radical (unpaired) electrons. The minimum Gasteiger partial charge on any atom is -0.353 e. The van der Waals surface area contributed by atoms with Crippen molar-refractivity contribution >= 4 is 0 Å². The van der Waals surface area contributed by atoms with Crippen LogP contribution in [0.5, 0.6) is 0 Å². The fourth-order valence-corrected chi connectivity index (χ4v) is 1.19. The summed E-state index contributed by atoms with van der Waals surface area (Å²) in [4.78, 5) is 0. The third-order valence-corrected chi connectivity index (χ3v) is 2.23. The molecular weight excluding hydrogens is 164 g/mol. The Bertz CT molecular complexity index is 240. The number of methoxy groups -OCH3 is 2. The van der Waals surface area contributed by atoms with Crippen molar-refractivity contribution in [2.75, 3.05) is 14.2 Å². The SMILES string of the molecule is COC(C)(Cc1ccccc1)OC. The number of rotatable bonds is 4. The van der Waals surface area contributed by atoms with Gasteiger partial charge in [0.25, 0.3) is 0 Å². The van der Waals surface area contributed by atoms with Crippen molar-refractivity contribution < 1.29 is 9.47 Å². The highest BCUT2D eigenvalue weighted by atomic mass is 16.7. The Labute approximate surface area is 79.5 Å². The lowest BCUT2D eigenvalue weighted by atomic mass is 10.1. The van der Waals surface area contributed by atoms with E-state index >= 15 is 0 Å². The lowest BCUT2D eigenvalue weighted by molar-refractivity contribution is -0.191. The van der Waals surface area contributed by atoms with Crippen molar-refractivity contribution in [2.45, 2.75) is 19.1 Å². The predicted octanol–water partition coefficient (Wildman–Crippen LogP) is 2.24. The van der Waals surface area contributed by atoms with Gasteiger partial charge in [0.2, 0.25) is 0 Å². The van der Waals surface area contributed by atoms with Crippen LogP contribution in [0.3, 0.4) is 0 Å². The first-order valence-corrected chi connectivity index (χ1v) is 4.34. The Balaban J connectivity index is 2.68. The second kappa shape index (κ2) is 4.40. The number of hydrogen-bond donors (Lipinski definition) is 0. The van der Waals surface area contributed by atoms with Crippen molar-refractivity contribution in [1.29, 1.82) is 0 Å². The standard InChI is InChI=1S/C11H16O2/c1-11(12-2,13-3)9-10-7-5-4-6-8-10/h4-8H,9H2,1-3H3. The van der Waals surface area contributed by atoms with Crippen LogP contribution in [0.2, 0.25) is 0 Å². The van der Waals surface area contributed by atoms with Crippen LogP contribution >= 0.6 is 0 Å². The van der Waals surface area contributed by atoms with E-state index < -0.39 is 5.79 Å². The second-order valence-corrected chi connectivity index (χ2v) is 3.20. The molecule has 0 fully saturated rings. The van der Waals surface area contributed by atoms with E-state index in [1.807, 2.05) is 25.1 Å². The fourth-order valence-electron chi connectivity index (χ4n) is 1.19. The van der Waals surface area contributed by atoms with E-state index in [9.17, 15) is 0 Å². The molecule has 2 nitrogen and oxygen atoms in total. The summed E-state index contributed by atoms with van der Waals surface area (Å²) >= 11 is 0. The monoisotopic (exact) mass is 180 g/mol. The normalized spacial score (nSPS) is 11.6. The summed E-state index contributed by atoms with van der Waals surface area (Å²) in [6.07, 6.45) is 0.765. The van der Waals surface area contributed by atoms with Gasteiger partial charge in [-0.2, -0.15) is 0 Å². The lowest BCUT2D eigenvalue weighted by Gasteiger charge is -2.26. The summed E-state index contributed by atoms with van der Waals surface area (Å²) in [7, 11) is 3.32. The van der Waals surface area contributed by atoms with Gasteiger partial charge in [-0.3, -0.25) is 0 Å². The molecular formula is C11H16O2. The van der Waals surface area contributed by atoms with Gasteiger partial charge in [0.05, 0.1) is 0 Å². The molecule has 1 aromatic rings. The molecule has 0 unspecified atom stereocenters. The minimum absolute atomic E-state index is 0.513. The number of benzene rings is 1. The zero-order valence-electron chi connectivity index (χ0n) is 8.41. The zero-order valence-corrected chi connectivity index (χ0v) is 8.41. The summed E-state index contributed by atoms with van der Waals surface area (Å²) < 4.78 is 10.5. The highest BCUT2D eigenvalue weighted by Crippen LogP contribution is 2.16. The van der Waals surface area contributed by atoms with Crippen LogP contribution in [0.1, 0.15) is 12.5 Å². The number of hydrogen-bond acceptors (Lipinski definition) is 2. The largest absolute Gasteiger partial charge is 0.353 e. The molecule has 13 heavy (non-hydrogen) atoms. The van der Waals surface area contributed by atoms with Crippen LogP contribution in [0, 0.1) is 0 Å². The van der Waals surface area contributed by atoms with Crippen molar-refractivity contribution in [3.63, 3.8) is 0 Å². The first-order valence-electron chi connectivity index (χ1n) is 4.34. The third kappa shape index (κ3) is 2.83. The van der Waals surface area contributed by atoms with Crippen LogP contribution in [0.4, 0.5) is 0 Å². The van der Waals surface area contributed by atoms with Gasteiger partial charge < -0.3 is 9.47 Å².